The zero-order valence-corrected chi connectivity index (χ0v) is 11.9. The standard InChI is InChI=1S/C12H22N4S/c1-8-7-15(4)5-6-16(8)12-14-10(3)11(17-12)9(2)13/h8-9H,5-7,13H2,1-4H3. The molecule has 1 fully saturated rings. The van der Waals surface area contributed by atoms with Crippen LogP contribution in [0, 0.1) is 6.92 Å². The second-order valence-electron chi connectivity index (χ2n) is 5.04. The molecule has 1 aliphatic heterocycles. The van der Waals surface area contributed by atoms with Crippen molar-refractivity contribution in [2.75, 3.05) is 31.6 Å². The quantitative estimate of drug-likeness (QED) is 0.871. The molecule has 1 aliphatic rings. The third-order valence-corrected chi connectivity index (χ3v) is 4.71. The Hall–Kier alpha value is -0.650. The van der Waals surface area contributed by atoms with E-state index in [-0.39, 0.29) is 6.04 Å². The van der Waals surface area contributed by atoms with Gasteiger partial charge in [0, 0.05) is 36.6 Å². The lowest BCUT2D eigenvalue weighted by molar-refractivity contribution is 0.275. The number of nitrogens with zero attached hydrogens (tertiary/aromatic N) is 3. The van der Waals surface area contributed by atoms with Gasteiger partial charge in [0.15, 0.2) is 5.13 Å². The second-order valence-corrected chi connectivity index (χ2v) is 6.05. The summed E-state index contributed by atoms with van der Waals surface area (Å²) in [7, 11) is 2.17. The first-order valence-corrected chi connectivity index (χ1v) is 6.98. The molecule has 1 aromatic heterocycles. The summed E-state index contributed by atoms with van der Waals surface area (Å²) in [5, 5.41) is 1.13. The lowest BCUT2D eigenvalue weighted by Gasteiger charge is -2.38. The minimum atomic E-state index is 0.0871. The number of thiazole rings is 1. The summed E-state index contributed by atoms with van der Waals surface area (Å²) in [6, 6.07) is 0.615. The molecule has 5 heteroatoms. The van der Waals surface area contributed by atoms with Gasteiger partial charge in [-0.05, 0) is 27.8 Å². The van der Waals surface area contributed by atoms with E-state index in [2.05, 4.69) is 35.7 Å². The van der Waals surface area contributed by atoms with Crippen molar-refractivity contribution in [3.63, 3.8) is 0 Å². The first kappa shape index (κ1) is 12.8. The average Bonchev–Trinajstić information content (AvgIpc) is 2.60. The fourth-order valence-corrected chi connectivity index (χ4v) is 3.51. The number of rotatable bonds is 2. The predicted octanol–water partition coefficient (Wildman–Crippen LogP) is 1.61. The van der Waals surface area contributed by atoms with Gasteiger partial charge in [0.1, 0.15) is 0 Å². The van der Waals surface area contributed by atoms with E-state index in [9.17, 15) is 0 Å². The van der Waals surface area contributed by atoms with Gasteiger partial charge in [0.25, 0.3) is 0 Å². The largest absolute Gasteiger partial charge is 0.343 e. The van der Waals surface area contributed by atoms with Crippen LogP contribution in [0.4, 0.5) is 5.13 Å². The summed E-state index contributed by atoms with van der Waals surface area (Å²) in [6.07, 6.45) is 0. The van der Waals surface area contributed by atoms with Crippen LogP contribution in [0.25, 0.3) is 0 Å². The van der Waals surface area contributed by atoms with Gasteiger partial charge in [0.05, 0.1) is 5.69 Å². The normalized spacial score (nSPS) is 24.1. The minimum absolute atomic E-state index is 0.0871. The topological polar surface area (TPSA) is 45.4 Å². The Bertz CT molecular complexity index is 388. The Morgan fingerprint density at radius 3 is 2.71 bits per heavy atom. The highest BCUT2D eigenvalue weighted by molar-refractivity contribution is 7.15. The van der Waals surface area contributed by atoms with Gasteiger partial charge in [0.2, 0.25) is 0 Å². The van der Waals surface area contributed by atoms with Crippen LogP contribution >= 0.6 is 11.3 Å². The van der Waals surface area contributed by atoms with E-state index in [0.29, 0.717) is 6.04 Å². The molecule has 17 heavy (non-hydrogen) atoms. The maximum absolute atomic E-state index is 5.96. The molecule has 0 aliphatic carbocycles. The van der Waals surface area contributed by atoms with Crippen LogP contribution in [0.5, 0.6) is 0 Å². The molecule has 1 aromatic rings. The molecule has 0 bridgehead atoms. The van der Waals surface area contributed by atoms with E-state index < -0.39 is 0 Å². The molecule has 96 valence electrons. The average molecular weight is 254 g/mol. The van der Waals surface area contributed by atoms with Gasteiger partial charge >= 0.3 is 0 Å². The number of likely N-dealkylation sites (N-methyl/N-ethyl adjacent to an activating group) is 1. The molecule has 2 rings (SSSR count). The van der Waals surface area contributed by atoms with E-state index >= 15 is 0 Å². The van der Waals surface area contributed by atoms with Gasteiger partial charge in [-0.3, -0.25) is 0 Å². The maximum Gasteiger partial charge on any atom is 0.186 e. The van der Waals surface area contributed by atoms with Crippen LogP contribution < -0.4 is 10.6 Å². The molecule has 0 spiro atoms. The van der Waals surface area contributed by atoms with E-state index in [1.54, 1.807) is 11.3 Å². The van der Waals surface area contributed by atoms with Crippen molar-refractivity contribution in [2.24, 2.45) is 5.73 Å². The lowest BCUT2D eigenvalue weighted by atomic mass is 10.2. The van der Waals surface area contributed by atoms with Crippen molar-refractivity contribution in [1.29, 1.82) is 0 Å². The van der Waals surface area contributed by atoms with E-state index in [4.69, 9.17) is 5.73 Å². The van der Waals surface area contributed by atoms with Crippen LogP contribution in [-0.4, -0.2) is 42.6 Å². The van der Waals surface area contributed by atoms with Crippen LogP contribution in [0.1, 0.15) is 30.5 Å². The number of hydrogen-bond acceptors (Lipinski definition) is 5. The van der Waals surface area contributed by atoms with Crippen molar-refractivity contribution in [3.8, 4) is 0 Å². The van der Waals surface area contributed by atoms with Crippen molar-refractivity contribution in [2.45, 2.75) is 32.9 Å². The molecule has 1 saturated heterocycles. The number of aryl methyl sites for hydroxylation is 1. The smallest absolute Gasteiger partial charge is 0.186 e. The zero-order chi connectivity index (χ0) is 12.6. The highest BCUT2D eigenvalue weighted by Crippen LogP contribution is 2.31. The highest BCUT2D eigenvalue weighted by Gasteiger charge is 2.25. The van der Waals surface area contributed by atoms with Crippen molar-refractivity contribution >= 4 is 16.5 Å². The molecule has 2 heterocycles. The van der Waals surface area contributed by atoms with Crippen LogP contribution in [-0.2, 0) is 0 Å². The number of aromatic nitrogens is 1. The highest BCUT2D eigenvalue weighted by atomic mass is 32.1. The Kier molecular flexibility index (Phi) is 3.70. The number of nitrogens with two attached hydrogens (primary N) is 1. The molecule has 4 nitrogen and oxygen atoms in total. The van der Waals surface area contributed by atoms with E-state index in [1.807, 2.05) is 6.92 Å². The first-order valence-electron chi connectivity index (χ1n) is 6.17. The van der Waals surface area contributed by atoms with Gasteiger partial charge in [-0.15, -0.1) is 11.3 Å². The van der Waals surface area contributed by atoms with Crippen LogP contribution in [0.15, 0.2) is 0 Å². The SMILES string of the molecule is Cc1nc(N2CCN(C)CC2C)sc1C(C)N. The molecule has 0 amide bonds. The van der Waals surface area contributed by atoms with Gasteiger partial charge in [-0.2, -0.15) is 0 Å². The summed E-state index contributed by atoms with van der Waals surface area (Å²) in [6.45, 7) is 9.61. The number of hydrogen-bond donors (Lipinski definition) is 1. The summed E-state index contributed by atoms with van der Waals surface area (Å²) in [4.78, 5) is 10.7. The summed E-state index contributed by atoms with van der Waals surface area (Å²) in [5.41, 5.74) is 7.05. The fraction of sp³-hybridized carbons (Fsp3) is 0.750. The van der Waals surface area contributed by atoms with Gasteiger partial charge < -0.3 is 15.5 Å². The number of anilines is 1. The third-order valence-electron chi connectivity index (χ3n) is 3.31. The Balaban J connectivity index is 2.19. The van der Waals surface area contributed by atoms with E-state index in [0.717, 1.165) is 30.5 Å². The van der Waals surface area contributed by atoms with Crippen LogP contribution in [0.2, 0.25) is 0 Å². The van der Waals surface area contributed by atoms with E-state index in [1.165, 1.54) is 4.88 Å². The Morgan fingerprint density at radius 2 is 2.18 bits per heavy atom. The molecule has 2 atom stereocenters. The third kappa shape index (κ3) is 2.61. The summed E-state index contributed by atoms with van der Waals surface area (Å²) in [5.74, 6) is 0. The van der Waals surface area contributed by atoms with Crippen molar-refractivity contribution < 1.29 is 0 Å². The van der Waals surface area contributed by atoms with Crippen molar-refractivity contribution in [3.05, 3.63) is 10.6 Å². The monoisotopic (exact) mass is 254 g/mol. The van der Waals surface area contributed by atoms with Gasteiger partial charge in [-0.1, -0.05) is 0 Å². The summed E-state index contributed by atoms with van der Waals surface area (Å²) >= 11 is 1.75. The zero-order valence-electron chi connectivity index (χ0n) is 11.1. The Morgan fingerprint density at radius 1 is 1.47 bits per heavy atom. The molecule has 0 aromatic carbocycles. The molecular weight excluding hydrogens is 232 g/mol. The lowest BCUT2D eigenvalue weighted by Crippen LogP contribution is -2.50. The predicted molar refractivity (Wildman–Crippen MR) is 73.8 cm³/mol. The molecular formula is C12H22N4S. The maximum atomic E-state index is 5.96. The minimum Gasteiger partial charge on any atom is -0.343 e. The Labute approximate surface area is 107 Å². The fourth-order valence-electron chi connectivity index (χ4n) is 2.36. The molecule has 2 unspecified atom stereocenters. The molecule has 0 radical (unpaired) electrons. The molecule has 0 saturated carbocycles. The first-order chi connectivity index (χ1) is 7.99. The molecule has 2 N–H and O–H groups in total. The van der Waals surface area contributed by atoms with Gasteiger partial charge in [-0.25, -0.2) is 4.98 Å². The van der Waals surface area contributed by atoms with Crippen LogP contribution in [0.3, 0.4) is 0 Å². The van der Waals surface area contributed by atoms with Crippen molar-refractivity contribution in [1.82, 2.24) is 9.88 Å². The second kappa shape index (κ2) is 4.92. The number of piperazine rings is 1. The summed E-state index contributed by atoms with van der Waals surface area (Å²) < 4.78 is 0.